The summed E-state index contributed by atoms with van der Waals surface area (Å²) in [5.74, 6) is -3.94. The van der Waals surface area contributed by atoms with Gasteiger partial charge in [0.05, 0.1) is 18.1 Å². The molecule has 3 aromatic carbocycles. The topological polar surface area (TPSA) is 129 Å². The molecule has 9 nitrogen and oxygen atoms in total. The van der Waals surface area contributed by atoms with Crippen molar-refractivity contribution in [1.29, 1.82) is 0 Å². The summed E-state index contributed by atoms with van der Waals surface area (Å²) in [7, 11) is 0. The summed E-state index contributed by atoms with van der Waals surface area (Å²) in [6.45, 7) is 6.45. The van der Waals surface area contributed by atoms with Crippen LogP contribution in [-0.4, -0.2) is 70.3 Å². The largest absolute Gasteiger partial charge is 0.490 e. The number of hydrogen-bond donors (Lipinski definition) is 3. The molecule has 0 aliphatic carbocycles. The van der Waals surface area contributed by atoms with E-state index in [-0.39, 0.29) is 5.91 Å². The van der Waals surface area contributed by atoms with Gasteiger partial charge in [0.2, 0.25) is 0 Å². The van der Waals surface area contributed by atoms with Crippen LogP contribution in [0.5, 0.6) is 0 Å². The van der Waals surface area contributed by atoms with Gasteiger partial charge in [0.15, 0.2) is 0 Å². The van der Waals surface area contributed by atoms with E-state index in [1.807, 2.05) is 60.7 Å². The molecular weight excluding hydrogens is 679 g/mol. The molecule has 1 aliphatic rings. The minimum atomic E-state index is -5.08. The SMILES string of the molecule is CC(C)(Sc1ccc(-c2nc(C(=O)Nc3ccc(N4CCOCC4)cc3)c(-c3ccc(Cl)cc3)s2)cc1)C(=O)O.O=C(O)C(F)(F)F. The Morgan fingerprint density at radius 1 is 0.894 bits per heavy atom. The predicted molar refractivity (Wildman–Crippen MR) is 177 cm³/mol. The second-order valence-electron chi connectivity index (χ2n) is 10.5. The van der Waals surface area contributed by atoms with Crippen LogP contribution in [0.15, 0.2) is 77.7 Å². The monoisotopic (exact) mass is 707 g/mol. The van der Waals surface area contributed by atoms with Gasteiger partial charge in [-0.25, -0.2) is 9.78 Å². The smallest absolute Gasteiger partial charge is 0.480 e. The van der Waals surface area contributed by atoms with Crippen molar-refractivity contribution >= 4 is 63.9 Å². The molecular formula is C32H29ClF3N3O6S2. The average molecular weight is 708 g/mol. The van der Waals surface area contributed by atoms with Crippen LogP contribution >= 0.6 is 34.7 Å². The number of carbonyl (C=O) groups excluding carboxylic acids is 1. The van der Waals surface area contributed by atoms with E-state index in [9.17, 15) is 27.9 Å². The minimum Gasteiger partial charge on any atom is -0.480 e. The minimum absolute atomic E-state index is 0.304. The number of ether oxygens (including phenoxy) is 1. The van der Waals surface area contributed by atoms with E-state index in [1.54, 1.807) is 26.0 Å². The number of morpholine rings is 1. The summed E-state index contributed by atoms with van der Waals surface area (Å²) in [6, 6.07) is 22.7. The van der Waals surface area contributed by atoms with Gasteiger partial charge in [0.1, 0.15) is 15.4 Å². The molecule has 0 unspecified atom stereocenters. The van der Waals surface area contributed by atoms with Crippen LogP contribution in [0.1, 0.15) is 24.3 Å². The van der Waals surface area contributed by atoms with Crippen LogP contribution in [0, 0.1) is 0 Å². The van der Waals surface area contributed by atoms with E-state index in [0.29, 0.717) is 34.6 Å². The maximum Gasteiger partial charge on any atom is 0.490 e. The molecule has 1 saturated heterocycles. The zero-order valence-electron chi connectivity index (χ0n) is 25.0. The first-order valence-corrected chi connectivity index (χ1v) is 16.0. The second-order valence-corrected chi connectivity index (χ2v) is 13.7. The molecule has 0 saturated carbocycles. The van der Waals surface area contributed by atoms with E-state index < -0.39 is 22.9 Å². The number of alkyl halides is 3. The van der Waals surface area contributed by atoms with Crippen LogP contribution < -0.4 is 10.2 Å². The fourth-order valence-electron chi connectivity index (χ4n) is 4.17. The van der Waals surface area contributed by atoms with Gasteiger partial charge < -0.3 is 25.2 Å². The molecule has 0 atom stereocenters. The van der Waals surface area contributed by atoms with E-state index in [0.717, 1.165) is 39.7 Å². The number of rotatable bonds is 8. The highest BCUT2D eigenvalue weighted by Gasteiger charge is 2.38. The van der Waals surface area contributed by atoms with Crippen LogP contribution in [0.25, 0.3) is 21.0 Å². The predicted octanol–water partition coefficient (Wildman–Crippen LogP) is 7.81. The Labute approximate surface area is 281 Å². The van der Waals surface area contributed by atoms with E-state index in [2.05, 4.69) is 10.2 Å². The first-order valence-electron chi connectivity index (χ1n) is 14.0. The van der Waals surface area contributed by atoms with Crippen LogP contribution in [0.2, 0.25) is 5.02 Å². The number of nitrogens with one attached hydrogen (secondary N) is 1. The fourth-order valence-corrected chi connectivity index (χ4v) is 6.31. The number of carboxylic acid groups (broad SMARTS) is 2. The molecule has 1 aliphatic heterocycles. The number of benzene rings is 3. The summed E-state index contributed by atoms with van der Waals surface area (Å²) in [4.78, 5) is 42.5. The number of carbonyl (C=O) groups is 3. The molecule has 1 amide bonds. The quantitative estimate of drug-likeness (QED) is 0.157. The third-order valence-electron chi connectivity index (χ3n) is 6.68. The van der Waals surface area contributed by atoms with Crippen molar-refractivity contribution in [3.8, 4) is 21.0 Å². The van der Waals surface area contributed by atoms with Gasteiger partial charge in [-0.1, -0.05) is 35.9 Å². The van der Waals surface area contributed by atoms with Crippen molar-refractivity contribution in [3.63, 3.8) is 0 Å². The second kappa shape index (κ2) is 15.2. The van der Waals surface area contributed by atoms with Crippen LogP contribution in [0.3, 0.4) is 0 Å². The Hall–Kier alpha value is -4.11. The lowest BCUT2D eigenvalue weighted by molar-refractivity contribution is -0.192. The molecule has 1 aromatic heterocycles. The maximum absolute atomic E-state index is 13.5. The summed E-state index contributed by atoms with van der Waals surface area (Å²) >= 11 is 8.82. The van der Waals surface area contributed by atoms with Gasteiger partial charge in [-0.15, -0.1) is 23.1 Å². The summed E-state index contributed by atoms with van der Waals surface area (Å²) in [6.07, 6.45) is -5.08. The molecule has 4 aromatic rings. The standard InChI is InChI=1S/C30H28ClN3O4S2.C2HF3O2/c1-30(2,29(36)37)40-24-13-5-20(6-14-24)28-33-25(26(39-28)19-3-7-21(31)8-4-19)27(35)32-22-9-11-23(12-10-22)34-15-17-38-18-16-34;3-2(4,5)1(6)7/h3-14H,15-18H2,1-2H3,(H,32,35)(H,36,37);(H,6,7). The zero-order chi connectivity index (χ0) is 34.4. The van der Waals surface area contributed by atoms with Crippen LogP contribution in [-0.2, 0) is 14.3 Å². The molecule has 15 heteroatoms. The van der Waals surface area contributed by atoms with E-state index in [4.69, 9.17) is 31.2 Å². The average Bonchev–Trinajstić information content (AvgIpc) is 3.48. The number of nitrogens with zero attached hydrogens (tertiary/aromatic N) is 2. The lowest BCUT2D eigenvalue weighted by Gasteiger charge is -2.28. The van der Waals surface area contributed by atoms with Crippen molar-refractivity contribution < 1.29 is 42.5 Å². The number of halogens is 4. The number of amides is 1. The van der Waals surface area contributed by atoms with Crippen molar-refractivity contribution in [2.24, 2.45) is 0 Å². The first kappa shape index (κ1) is 35.7. The number of carboxylic acids is 2. The number of hydrogen-bond acceptors (Lipinski definition) is 8. The number of thioether (sulfide) groups is 1. The molecule has 3 N–H and O–H groups in total. The van der Waals surface area contributed by atoms with Gasteiger partial charge in [0, 0.05) is 39.9 Å². The molecule has 2 heterocycles. The lowest BCUT2D eigenvalue weighted by atomic mass is 10.1. The number of aliphatic carboxylic acids is 2. The van der Waals surface area contributed by atoms with Crippen LogP contribution in [0.4, 0.5) is 24.5 Å². The Kier molecular flexibility index (Phi) is 11.6. The molecule has 47 heavy (non-hydrogen) atoms. The van der Waals surface area contributed by atoms with Crippen molar-refractivity contribution in [1.82, 2.24) is 4.98 Å². The Morgan fingerprint density at radius 2 is 1.45 bits per heavy atom. The van der Waals surface area contributed by atoms with Gasteiger partial charge >= 0.3 is 18.1 Å². The summed E-state index contributed by atoms with van der Waals surface area (Å²) < 4.78 is 36.2. The Morgan fingerprint density at radius 3 is 1.98 bits per heavy atom. The van der Waals surface area contributed by atoms with Gasteiger partial charge in [0.25, 0.3) is 5.91 Å². The third kappa shape index (κ3) is 9.70. The first-order chi connectivity index (χ1) is 22.1. The van der Waals surface area contributed by atoms with Gasteiger partial charge in [-0.2, -0.15) is 13.2 Å². The number of thiazole rings is 1. The van der Waals surface area contributed by atoms with Crippen molar-refractivity contribution in [2.45, 2.75) is 29.7 Å². The molecule has 5 rings (SSSR count). The Balaban J connectivity index is 0.000000644. The lowest BCUT2D eigenvalue weighted by Crippen LogP contribution is -2.36. The molecule has 0 bridgehead atoms. The highest BCUT2D eigenvalue weighted by molar-refractivity contribution is 8.01. The number of aromatic nitrogens is 1. The normalized spacial score (nSPS) is 13.4. The van der Waals surface area contributed by atoms with Gasteiger partial charge in [-0.05, 0) is 67.9 Å². The summed E-state index contributed by atoms with van der Waals surface area (Å²) in [5, 5.41) is 20.9. The van der Waals surface area contributed by atoms with E-state index in [1.165, 1.54) is 23.1 Å². The fraction of sp³-hybridized carbons (Fsp3) is 0.250. The number of anilines is 2. The van der Waals surface area contributed by atoms with Crippen molar-refractivity contribution in [3.05, 3.63) is 83.5 Å². The summed E-state index contributed by atoms with van der Waals surface area (Å²) in [5.41, 5.74) is 3.78. The molecule has 248 valence electrons. The maximum atomic E-state index is 13.5. The molecule has 0 spiro atoms. The Bertz CT molecular complexity index is 1710. The highest BCUT2D eigenvalue weighted by Crippen LogP contribution is 2.38. The van der Waals surface area contributed by atoms with Gasteiger partial charge in [-0.3, -0.25) is 9.59 Å². The zero-order valence-corrected chi connectivity index (χ0v) is 27.4. The highest BCUT2D eigenvalue weighted by atomic mass is 35.5. The molecule has 0 radical (unpaired) electrons. The molecule has 1 fully saturated rings. The van der Waals surface area contributed by atoms with E-state index >= 15 is 0 Å². The third-order valence-corrected chi connectivity index (χ3v) is 9.28. The van der Waals surface area contributed by atoms with Crippen molar-refractivity contribution in [2.75, 3.05) is 36.5 Å².